The molecule has 0 aromatic heterocycles. The van der Waals surface area contributed by atoms with Gasteiger partial charge < -0.3 is 14.2 Å². The molecular formula is C20H22Cl2N2O4. The van der Waals surface area contributed by atoms with Gasteiger partial charge in [-0.05, 0) is 55.3 Å². The van der Waals surface area contributed by atoms with Crippen molar-refractivity contribution in [2.24, 2.45) is 5.10 Å². The summed E-state index contributed by atoms with van der Waals surface area (Å²) in [5.74, 6) is 1.26. The van der Waals surface area contributed by atoms with Crippen molar-refractivity contribution < 1.29 is 19.0 Å². The second-order valence-electron chi connectivity index (χ2n) is 5.64. The summed E-state index contributed by atoms with van der Waals surface area (Å²) in [5, 5.41) is 4.75. The predicted octanol–water partition coefficient (Wildman–Crippen LogP) is 4.71. The first-order chi connectivity index (χ1) is 13.5. The quantitative estimate of drug-likeness (QED) is 0.442. The van der Waals surface area contributed by atoms with Crippen LogP contribution in [0.25, 0.3) is 0 Å². The van der Waals surface area contributed by atoms with E-state index in [0.717, 1.165) is 12.0 Å². The molecule has 0 saturated heterocycles. The standard InChI is InChI=1S/C20H22Cl2N2O4/c1-3-9-27-18-7-5-14(10-19(18)26-4-2)12-23-24-20(25)13-28-17-8-6-15(21)11-16(17)22/h5-8,10-12H,3-4,9,13H2,1-2H3,(H,24,25)/b23-12-. The first kappa shape index (κ1) is 21.9. The van der Waals surface area contributed by atoms with E-state index in [2.05, 4.69) is 10.5 Å². The van der Waals surface area contributed by atoms with Gasteiger partial charge in [0.15, 0.2) is 18.1 Å². The third kappa shape index (κ3) is 6.94. The van der Waals surface area contributed by atoms with E-state index in [1.54, 1.807) is 24.3 Å². The van der Waals surface area contributed by atoms with Crippen molar-refractivity contribution in [3.63, 3.8) is 0 Å². The number of benzene rings is 2. The van der Waals surface area contributed by atoms with E-state index >= 15 is 0 Å². The summed E-state index contributed by atoms with van der Waals surface area (Å²) < 4.78 is 16.6. The van der Waals surface area contributed by atoms with Gasteiger partial charge in [-0.3, -0.25) is 4.79 Å². The van der Waals surface area contributed by atoms with Crippen molar-refractivity contribution in [1.82, 2.24) is 5.43 Å². The Labute approximate surface area is 174 Å². The SMILES string of the molecule is CCCOc1ccc(/C=N\NC(=O)COc2ccc(Cl)cc2Cl)cc1OCC. The number of carbonyl (C=O) groups excluding carboxylic acids is 1. The molecule has 0 aliphatic heterocycles. The molecular weight excluding hydrogens is 403 g/mol. The Hall–Kier alpha value is -2.44. The van der Waals surface area contributed by atoms with Gasteiger partial charge in [-0.1, -0.05) is 30.1 Å². The lowest BCUT2D eigenvalue weighted by Gasteiger charge is -2.11. The first-order valence-electron chi connectivity index (χ1n) is 8.82. The van der Waals surface area contributed by atoms with E-state index in [-0.39, 0.29) is 6.61 Å². The summed E-state index contributed by atoms with van der Waals surface area (Å²) in [7, 11) is 0. The summed E-state index contributed by atoms with van der Waals surface area (Å²) >= 11 is 11.8. The smallest absolute Gasteiger partial charge is 0.277 e. The van der Waals surface area contributed by atoms with Crippen molar-refractivity contribution >= 4 is 35.3 Å². The lowest BCUT2D eigenvalue weighted by molar-refractivity contribution is -0.123. The lowest BCUT2D eigenvalue weighted by atomic mass is 10.2. The fourth-order valence-corrected chi connectivity index (χ4v) is 2.61. The summed E-state index contributed by atoms with van der Waals surface area (Å²) in [6.45, 7) is 4.84. The summed E-state index contributed by atoms with van der Waals surface area (Å²) in [4.78, 5) is 11.9. The summed E-state index contributed by atoms with van der Waals surface area (Å²) in [6, 6.07) is 10.2. The largest absolute Gasteiger partial charge is 0.490 e. The third-order valence-corrected chi connectivity index (χ3v) is 3.92. The summed E-state index contributed by atoms with van der Waals surface area (Å²) in [6.07, 6.45) is 2.42. The molecule has 28 heavy (non-hydrogen) atoms. The van der Waals surface area contributed by atoms with E-state index in [1.807, 2.05) is 26.0 Å². The maximum Gasteiger partial charge on any atom is 0.277 e. The van der Waals surface area contributed by atoms with Crippen molar-refractivity contribution in [2.45, 2.75) is 20.3 Å². The number of halogens is 2. The van der Waals surface area contributed by atoms with Gasteiger partial charge >= 0.3 is 0 Å². The Bertz CT molecular complexity index is 828. The Morgan fingerprint density at radius 3 is 2.54 bits per heavy atom. The number of rotatable bonds is 10. The Balaban J connectivity index is 1.90. The van der Waals surface area contributed by atoms with Crippen molar-refractivity contribution in [3.8, 4) is 17.2 Å². The fourth-order valence-electron chi connectivity index (χ4n) is 2.15. The average Bonchev–Trinajstić information content (AvgIpc) is 2.67. The zero-order valence-electron chi connectivity index (χ0n) is 15.7. The van der Waals surface area contributed by atoms with Crippen LogP contribution in [0.4, 0.5) is 0 Å². The van der Waals surface area contributed by atoms with E-state index < -0.39 is 5.91 Å². The molecule has 150 valence electrons. The van der Waals surface area contributed by atoms with Crippen LogP contribution in [-0.2, 0) is 4.79 Å². The zero-order chi connectivity index (χ0) is 20.4. The van der Waals surface area contributed by atoms with Crippen molar-refractivity contribution in [1.29, 1.82) is 0 Å². The van der Waals surface area contributed by atoms with Gasteiger partial charge in [0.25, 0.3) is 5.91 Å². The van der Waals surface area contributed by atoms with Gasteiger partial charge in [-0.2, -0.15) is 5.10 Å². The second-order valence-corrected chi connectivity index (χ2v) is 6.49. The van der Waals surface area contributed by atoms with Crippen LogP contribution < -0.4 is 19.6 Å². The fraction of sp³-hybridized carbons (Fsp3) is 0.300. The number of hydrogen-bond donors (Lipinski definition) is 1. The molecule has 0 spiro atoms. The second kappa shape index (κ2) is 11.4. The van der Waals surface area contributed by atoms with E-state index in [9.17, 15) is 4.79 Å². The highest BCUT2D eigenvalue weighted by molar-refractivity contribution is 6.35. The highest BCUT2D eigenvalue weighted by atomic mass is 35.5. The van der Waals surface area contributed by atoms with Crippen LogP contribution in [0.2, 0.25) is 10.0 Å². The maximum atomic E-state index is 11.9. The van der Waals surface area contributed by atoms with Crippen LogP contribution in [0.1, 0.15) is 25.8 Å². The number of nitrogens with zero attached hydrogens (tertiary/aromatic N) is 1. The van der Waals surface area contributed by atoms with Crippen LogP contribution in [0.3, 0.4) is 0 Å². The van der Waals surface area contributed by atoms with E-state index in [1.165, 1.54) is 6.21 Å². The normalized spacial score (nSPS) is 10.7. The van der Waals surface area contributed by atoms with Crippen LogP contribution in [-0.4, -0.2) is 31.9 Å². The van der Waals surface area contributed by atoms with Gasteiger partial charge in [0, 0.05) is 5.02 Å². The minimum Gasteiger partial charge on any atom is -0.490 e. The molecule has 2 aromatic rings. The zero-order valence-corrected chi connectivity index (χ0v) is 17.2. The monoisotopic (exact) mass is 424 g/mol. The topological polar surface area (TPSA) is 69.2 Å². The molecule has 0 fully saturated rings. The Morgan fingerprint density at radius 1 is 1.04 bits per heavy atom. The van der Waals surface area contributed by atoms with Crippen molar-refractivity contribution in [3.05, 3.63) is 52.0 Å². The lowest BCUT2D eigenvalue weighted by Crippen LogP contribution is -2.24. The number of hydrogen-bond acceptors (Lipinski definition) is 5. The van der Waals surface area contributed by atoms with Crippen LogP contribution in [0.5, 0.6) is 17.2 Å². The molecule has 0 heterocycles. The molecule has 0 atom stereocenters. The molecule has 2 rings (SSSR count). The molecule has 0 saturated carbocycles. The molecule has 0 unspecified atom stereocenters. The van der Waals surface area contributed by atoms with Crippen LogP contribution >= 0.6 is 23.2 Å². The highest BCUT2D eigenvalue weighted by Crippen LogP contribution is 2.28. The van der Waals surface area contributed by atoms with E-state index in [0.29, 0.717) is 40.5 Å². The molecule has 0 aliphatic rings. The number of hydrazone groups is 1. The summed E-state index contributed by atoms with van der Waals surface area (Å²) in [5.41, 5.74) is 3.16. The van der Waals surface area contributed by atoms with Gasteiger partial charge in [0.1, 0.15) is 5.75 Å². The minimum absolute atomic E-state index is 0.229. The molecule has 0 radical (unpaired) electrons. The van der Waals surface area contributed by atoms with E-state index in [4.69, 9.17) is 37.4 Å². The molecule has 0 aliphatic carbocycles. The molecule has 8 heteroatoms. The minimum atomic E-state index is -0.421. The highest BCUT2D eigenvalue weighted by Gasteiger charge is 2.07. The number of ether oxygens (including phenoxy) is 3. The number of amides is 1. The van der Waals surface area contributed by atoms with Crippen molar-refractivity contribution in [2.75, 3.05) is 19.8 Å². The maximum absolute atomic E-state index is 11.9. The number of carbonyl (C=O) groups is 1. The van der Waals surface area contributed by atoms with Crippen LogP contribution in [0, 0.1) is 0 Å². The molecule has 6 nitrogen and oxygen atoms in total. The third-order valence-electron chi connectivity index (χ3n) is 3.38. The van der Waals surface area contributed by atoms with Gasteiger partial charge in [-0.25, -0.2) is 5.43 Å². The molecule has 1 N–H and O–H groups in total. The van der Waals surface area contributed by atoms with Gasteiger partial charge in [0.2, 0.25) is 0 Å². The van der Waals surface area contributed by atoms with Crippen LogP contribution in [0.15, 0.2) is 41.5 Å². The Kier molecular flexibility index (Phi) is 8.91. The van der Waals surface area contributed by atoms with Gasteiger partial charge in [0.05, 0.1) is 24.5 Å². The molecule has 0 bridgehead atoms. The molecule has 2 aromatic carbocycles. The Morgan fingerprint density at radius 2 is 1.82 bits per heavy atom. The first-order valence-corrected chi connectivity index (χ1v) is 9.58. The molecule has 1 amide bonds. The van der Waals surface area contributed by atoms with Gasteiger partial charge in [-0.15, -0.1) is 0 Å². The number of nitrogens with one attached hydrogen (secondary N) is 1. The average molecular weight is 425 g/mol. The predicted molar refractivity (Wildman–Crippen MR) is 111 cm³/mol.